The largest absolute Gasteiger partial charge is 0.508 e. The number of aromatic hydroxyl groups is 1. The Hall–Kier alpha value is -2.37. The monoisotopic (exact) mass is 233 g/mol. The summed E-state index contributed by atoms with van der Waals surface area (Å²) in [6, 6.07) is 7.25. The van der Waals surface area contributed by atoms with Crippen LogP contribution in [0.1, 0.15) is 11.4 Å². The number of para-hydroxylation sites is 1. The molecule has 2 rings (SSSR count). The predicted octanol–water partition coefficient (Wildman–Crippen LogP) is 1.05. The average Bonchev–Trinajstić information content (AvgIpc) is 2.21. The number of benzene rings is 1. The fraction of sp³-hybridized carbons (Fsp3) is 0.182. The van der Waals surface area contributed by atoms with Crippen molar-refractivity contribution in [1.29, 1.82) is 0 Å². The van der Waals surface area contributed by atoms with Gasteiger partial charge in [0.05, 0.1) is 0 Å². The molecule has 6 nitrogen and oxygen atoms in total. The molecule has 6 heteroatoms. The average molecular weight is 233 g/mol. The van der Waals surface area contributed by atoms with Crippen LogP contribution in [0, 0.1) is 13.8 Å². The number of nitrogens with two attached hydrogens (primary N) is 2. The van der Waals surface area contributed by atoms with Gasteiger partial charge < -0.3 is 16.6 Å². The van der Waals surface area contributed by atoms with Gasteiger partial charge in [0, 0.05) is 0 Å². The first-order valence-corrected chi connectivity index (χ1v) is 4.97. The molecule has 0 saturated carbocycles. The van der Waals surface area contributed by atoms with Crippen LogP contribution >= 0.6 is 0 Å². The fourth-order valence-electron chi connectivity index (χ4n) is 1.09. The third-order valence-corrected chi connectivity index (χ3v) is 1.90. The van der Waals surface area contributed by atoms with Gasteiger partial charge in [-0.1, -0.05) is 18.2 Å². The summed E-state index contributed by atoms with van der Waals surface area (Å²) < 4.78 is 0. The third-order valence-electron chi connectivity index (χ3n) is 1.90. The number of nitrogens with zero attached hydrogens (tertiary/aromatic N) is 3. The van der Waals surface area contributed by atoms with Gasteiger partial charge in [-0.15, -0.1) is 0 Å². The van der Waals surface area contributed by atoms with E-state index >= 15 is 0 Å². The van der Waals surface area contributed by atoms with E-state index in [-0.39, 0.29) is 11.9 Å². The summed E-state index contributed by atoms with van der Waals surface area (Å²) in [6.07, 6.45) is 0. The van der Waals surface area contributed by atoms with E-state index in [4.69, 9.17) is 16.6 Å². The highest BCUT2D eigenvalue weighted by Crippen LogP contribution is 2.12. The van der Waals surface area contributed by atoms with E-state index in [2.05, 4.69) is 15.0 Å². The highest BCUT2D eigenvalue weighted by Gasteiger charge is 1.93. The summed E-state index contributed by atoms with van der Waals surface area (Å²) in [4.78, 5) is 11.0. The highest BCUT2D eigenvalue weighted by atomic mass is 16.3. The summed E-state index contributed by atoms with van der Waals surface area (Å²) in [7, 11) is 0. The van der Waals surface area contributed by atoms with Gasteiger partial charge in [0.15, 0.2) is 0 Å². The molecular formula is C11H15N5O. The first-order chi connectivity index (χ1) is 7.99. The van der Waals surface area contributed by atoms with Gasteiger partial charge in [0.2, 0.25) is 11.9 Å². The van der Waals surface area contributed by atoms with E-state index in [0.29, 0.717) is 11.6 Å². The maximum Gasteiger partial charge on any atom is 0.225 e. The van der Waals surface area contributed by atoms with Crippen molar-refractivity contribution in [2.45, 2.75) is 13.8 Å². The lowest BCUT2D eigenvalue weighted by Crippen LogP contribution is -2.03. The van der Waals surface area contributed by atoms with Gasteiger partial charge in [-0.05, 0) is 25.5 Å². The second kappa shape index (κ2) is 5.64. The zero-order valence-corrected chi connectivity index (χ0v) is 9.75. The minimum atomic E-state index is 0.167. The van der Waals surface area contributed by atoms with Gasteiger partial charge in [0.25, 0.3) is 0 Å². The van der Waals surface area contributed by atoms with Crippen LogP contribution in [-0.4, -0.2) is 20.1 Å². The van der Waals surface area contributed by atoms with Gasteiger partial charge >= 0.3 is 0 Å². The van der Waals surface area contributed by atoms with Gasteiger partial charge in [0.1, 0.15) is 11.6 Å². The van der Waals surface area contributed by atoms with Crippen molar-refractivity contribution >= 4 is 11.9 Å². The molecule has 0 saturated heterocycles. The molecule has 2 aromatic rings. The van der Waals surface area contributed by atoms with Crippen LogP contribution in [0.3, 0.4) is 0 Å². The number of anilines is 2. The van der Waals surface area contributed by atoms with Crippen molar-refractivity contribution in [3.05, 3.63) is 35.7 Å². The Morgan fingerprint density at radius 1 is 0.941 bits per heavy atom. The van der Waals surface area contributed by atoms with E-state index in [9.17, 15) is 0 Å². The molecule has 1 heterocycles. The van der Waals surface area contributed by atoms with Crippen LogP contribution in [0.25, 0.3) is 0 Å². The molecule has 0 aliphatic heterocycles. The van der Waals surface area contributed by atoms with Crippen molar-refractivity contribution < 1.29 is 5.11 Å². The van der Waals surface area contributed by atoms with E-state index < -0.39 is 0 Å². The first-order valence-electron chi connectivity index (χ1n) is 4.97. The Morgan fingerprint density at radius 3 is 1.82 bits per heavy atom. The Bertz CT molecular complexity index is 429. The zero-order valence-electron chi connectivity index (χ0n) is 9.75. The number of aryl methyl sites for hydroxylation is 2. The molecule has 0 aliphatic rings. The highest BCUT2D eigenvalue weighted by molar-refractivity contribution is 5.29. The van der Waals surface area contributed by atoms with E-state index in [1.807, 2.05) is 25.1 Å². The van der Waals surface area contributed by atoms with Crippen LogP contribution in [0.15, 0.2) is 24.3 Å². The quantitative estimate of drug-likeness (QED) is 0.627. The molecule has 0 spiro atoms. The smallest absolute Gasteiger partial charge is 0.225 e. The zero-order chi connectivity index (χ0) is 12.8. The predicted molar refractivity (Wildman–Crippen MR) is 66.2 cm³/mol. The maximum absolute atomic E-state index is 8.92. The Balaban J connectivity index is 0.000000171. The molecule has 1 aromatic carbocycles. The third kappa shape index (κ3) is 4.33. The lowest BCUT2D eigenvalue weighted by atomic mass is 10.2. The van der Waals surface area contributed by atoms with Gasteiger partial charge in [-0.25, -0.2) is 0 Å². The van der Waals surface area contributed by atoms with E-state index in [1.54, 1.807) is 13.0 Å². The van der Waals surface area contributed by atoms with E-state index in [0.717, 1.165) is 5.56 Å². The normalized spacial score (nSPS) is 9.29. The number of hydrogen-bond acceptors (Lipinski definition) is 6. The number of hydrogen-bond donors (Lipinski definition) is 3. The molecule has 0 atom stereocenters. The first kappa shape index (κ1) is 12.7. The topological polar surface area (TPSA) is 111 Å². The van der Waals surface area contributed by atoms with Crippen molar-refractivity contribution in [2.24, 2.45) is 0 Å². The van der Waals surface area contributed by atoms with Gasteiger partial charge in [-0.2, -0.15) is 15.0 Å². The van der Waals surface area contributed by atoms with Crippen LogP contribution in [-0.2, 0) is 0 Å². The molecule has 0 fully saturated rings. The van der Waals surface area contributed by atoms with Crippen LogP contribution < -0.4 is 11.5 Å². The van der Waals surface area contributed by atoms with Crippen LogP contribution in [0.5, 0.6) is 5.75 Å². The SMILES string of the molecule is Cc1ccccc1O.Cc1nc(N)nc(N)n1. The lowest BCUT2D eigenvalue weighted by molar-refractivity contribution is 0.471. The molecule has 17 heavy (non-hydrogen) atoms. The van der Waals surface area contributed by atoms with Crippen molar-refractivity contribution in [1.82, 2.24) is 15.0 Å². The molecule has 0 radical (unpaired) electrons. The van der Waals surface area contributed by atoms with Crippen LogP contribution in [0.2, 0.25) is 0 Å². The molecule has 1 aromatic heterocycles. The van der Waals surface area contributed by atoms with Crippen molar-refractivity contribution in [3.8, 4) is 5.75 Å². The summed E-state index contributed by atoms with van der Waals surface area (Å²) in [5.41, 5.74) is 11.4. The van der Waals surface area contributed by atoms with E-state index in [1.165, 1.54) is 0 Å². The molecule has 5 N–H and O–H groups in total. The lowest BCUT2D eigenvalue weighted by Gasteiger charge is -1.93. The molecule has 0 aliphatic carbocycles. The number of phenols is 1. The minimum absolute atomic E-state index is 0.167. The Morgan fingerprint density at radius 2 is 1.47 bits per heavy atom. The maximum atomic E-state index is 8.92. The molecule has 90 valence electrons. The van der Waals surface area contributed by atoms with Crippen molar-refractivity contribution in [3.63, 3.8) is 0 Å². The summed E-state index contributed by atoms with van der Waals surface area (Å²) >= 11 is 0. The Labute approximate surface area is 99.4 Å². The molecule has 0 amide bonds. The van der Waals surface area contributed by atoms with Gasteiger partial charge in [-0.3, -0.25) is 0 Å². The van der Waals surface area contributed by atoms with Crippen molar-refractivity contribution in [2.75, 3.05) is 11.5 Å². The second-order valence-corrected chi connectivity index (χ2v) is 3.39. The number of phenolic OH excluding ortho intramolecular Hbond substituents is 1. The summed E-state index contributed by atoms with van der Waals surface area (Å²) in [5.74, 6) is 1.24. The van der Waals surface area contributed by atoms with Crippen LogP contribution in [0.4, 0.5) is 11.9 Å². The standard InChI is InChI=1S/C7H8O.C4H7N5/c1-6-4-2-3-5-7(6)8;1-2-7-3(5)9-4(6)8-2/h2-5,8H,1H3;1H3,(H4,5,6,7,8,9). The Kier molecular flexibility index (Phi) is 4.21. The number of nitrogen functional groups attached to an aromatic ring is 2. The number of rotatable bonds is 0. The molecular weight excluding hydrogens is 218 g/mol. The number of aromatic nitrogens is 3. The second-order valence-electron chi connectivity index (χ2n) is 3.39. The fourth-order valence-corrected chi connectivity index (χ4v) is 1.09. The molecule has 0 bridgehead atoms. The molecule has 0 unspecified atom stereocenters. The summed E-state index contributed by atoms with van der Waals surface area (Å²) in [6.45, 7) is 3.57. The minimum Gasteiger partial charge on any atom is -0.508 e. The summed E-state index contributed by atoms with van der Waals surface area (Å²) in [5, 5.41) is 8.92.